The fourth-order valence-electron chi connectivity index (χ4n) is 2.74. The van der Waals surface area contributed by atoms with Gasteiger partial charge in [0, 0.05) is 27.7 Å². The van der Waals surface area contributed by atoms with Gasteiger partial charge in [0.15, 0.2) is 10.9 Å². The minimum absolute atomic E-state index is 0.0453. The summed E-state index contributed by atoms with van der Waals surface area (Å²) in [5.41, 5.74) is 3.52. The van der Waals surface area contributed by atoms with Gasteiger partial charge in [-0.1, -0.05) is 47.6 Å². The zero-order valence-electron chi connectivity index (χ0n) is 13.9. The van der Waals surface area contributed by atoms with Crippen LogP contribution in [0.3, 0.4) is 0 Å². The average molecular weight is 383 g/mol. The Morgan fingerprint density at radius 1 is 1.27 bits per heavy atom. The molecule has 0 amide bonds. The molecule has 0 aliphatic rings. The number of nitrogens with one attached hydrogen (secondary N) is 1. The minimum Gasteiger partial charge on any atom is -0.360 e. The van der Waals surface area contributed by atoms with Gasteiger partial charge >= 0.3 is 0 Å². The minimum atomic E-state index is 0.0453. The van der Waals surface area contributed by atoms with E-state index < -0.39 is 0 Å². The van der Waals surface area contributed by atoms with Gasteiger partial charge in [-0.3, -0.25) is 9.36 Å². The molecule has 0 radical (unpaired) electrons. The van der Waals surface area contributed by atoms with E-state index in [4.69, 9.17) is 11.6 Å². The summed E-state index contributed by atoms with van der Waals surface area (Å²) in [6.45, 7) is 1.95. The van der Waals surface area contributed by atoms with E-state index in [1.54, 1.807) is 12.5 Å². The van der Waals surface area contributed by atoms with Crippen LogP contribution >= 0.6 is 23.4 Å². The highest BCUT2D eigenvalue weighted by atomic mass is 35.5. The number of aromatic amines is 1. The van der Waals surface area contributed by atoms with Gasteiger partial charge in [0.25, 0.3) is 0 Å². The molecular weight excluding hydrogens is 368 g/mol. The number of H-pyrrole nitrogens is 1. The van der Waals surface area contributed by atoms with Crippen LogP contribution in [0.5, 0.6) is 0 Å². The van der Waals surface area contributed by atoms with Crippen molar-refractivity contribution in [3.05, 3.63) is 71.1 Å². The summed E-state index contributed by atoms with van der Waals surface area (Å²) in [6.07, 6.45) is 3.39. The maximum absolute atomic E-state index is 12.6. The summed E-state index contributed by atoms with van der Waals surface area (Å²) in [5.74, 6) is 0.323. The Kier molecular flexibility index (Phi) is 4.53. The molecule has 7 heteroatoms. The van der Waals surface area contributed by atoms with Crippen molar-refractivity contribution in [1.29, 1.82) is 0 Å². The molecule has 2 aromatic carbocycles. The first-order valence-corrected chi connectivity index (χ1v) is 9.38. The maximum Gasteiger partial charge on any atom is 0.196 e. The highest BCUT2D eigenvalue weighted by molar-refractivity contribution is 7.99. The number of hydrogen-bond acceptors (Lipinski definition) is 4. The Hall–Kier alpha value is -2.57. The summed E-state index contributed by atoms with van der Waals surface area (Å²) in [6, 6.07) is 13.5. The average Bonchev–Trinajstić information content (AvgIpc) is 3.29. The predicted molar refractivity (Wildman–Crippen MR) is 104 cm³/mol. The zero-order valence-corrected chi connectivity index (χ0v) is 15.5. The number of rotatable bonds is 5. The van der Waals surface area contributed by atoms with Crippen molar-refractivity contribution in [3.8, 4) is 5.69 Å². The second-order valence-corrected chi connectivity index (χ2v) is 7.23. The van der Waals surface area contributed by atoms with Gasteiger partial charge in [0.1, 0.15) is 6.33 Å². The summed E-state index contributed by atoms with van der Waals surface area (Å²) < 4.78 is 1.83. The van der Waals surface area contributed by atoms with E-state index in [-0.39, 0.29) is 11.5 Å². The molecule has 1 N–H and O–H groups in total. The van der Waals surface area contributed by atoms with Crippen LogP contribution in [0.1, 0.15) is 15.9 Å². The second kappa shape index (κ2) is 6.97. The third kappa shape index (κ3) is 3.13. The van der Waals surface area contributed by atoms with Crippen molar-refractivity contribution in [2.24, 2.45) is 0 Å². The van der Waals surface area contributed by atoms with Crippen LogP contribution < -0.4 is 0 Å². The lowest BCUT2D eigenvalue weighted by molar-refractivity contribution is 0.102. The van der Waals surface area contributed by atoms with Gasteiger partial charge in [-0.25, -0.2) is 0 Å². The van der Waals surface area contributed by atoms with E-state index in [1.165, 1.54) is 11.8 Å². The number of thioether (sulfide) groups is 1. The van der Waals surface area contributed by atoms with Crippen LogP contribution in [0.25, 0.3) is 16.6 Å². The largest absolute Gasteiger partial charge is 0.360 e. The maximum atomic E-state index is 12.6. The highest BCUT2D eigenvalue weighted by Gasteiger charge is 2.15. The molecule has 0 aliphatic carbocycles. The van der Waals surface area contributed by atoms with Crippen molar-refractivity contribution < 1.29 is 4.79 Å². The Labute approximate surface area is 159 Å². The van der Waals surface area contributed by atoms with E-state index >= 15 is 0 Å². The van der Waals surface area contributed by atoms with Crippen molar-refractivity contribution in [2.45, 2.75) is 12.1 Å². The lowest BCUT2D eigenvalue weighted by atomic mass is 10.1. The molecule has 0 unspecified atom stereocenters. The predicted octanol–water partition coefficient (Wildman–Crippen LogP) is 4.69. The molecule has 0 atom stereocenters. The van der Waals surface area contributed by atoms with Gasteiger partial charge in [-0.15, -0.1) is 10.2 Å². The molecule has 0 saturated heterocycles. The summed E-state index contributed by atoms with van der Waals surface area (Å²) in [7, 11) is 0. The van der Waals surface area contributed by atoms with E-state index in [9.17, 15) is 4.79 Å². The number of carbonyl (C=O) groups excluding carboxylic acids is 1. The number of Topliss-reactive ketones (excluding diaryl/α,β-unsaturated/α-hetero) is 1. The van der Waals surface area contributed by atoms with Gasteiger partial charge in [-0.05, 0) is 30.7 Å². The van der Waals surface area contributed by atoms with Crippen molar-refractivity contribution in [1.82, 2.24) is 19.7 Å². The number of halogens is 1. The third-order valence-electron chi connectivity index (χ3n) is 4.17. The first-order chi connectivity index (χ1) is 12.6. The Balaban J connectivity index is 1.55. The molecule has 5 nitrogen and oxygen atoms in total. The fourth-order valence-corrected chi connectivity index (χ4v) is 3.73. The monoisotopic (exact) mass is 382 g/mol. The molecule has 130 valence electrons. The fraction of sp³-hybridized carbons (Fsp3) is 0.105. The molecule has 4 aromatic rings. The number of carbonyl (C=O) groups is 1. The van der Waals surface area contributed by atoms with Crippen LogP contribution in [0.4, 0.5) is 0 Å². The van der Waals surface area contributed by atoms with Crippen LogP contribution in [0, 0.1) is 6.92 Å². The Morgan fingerprint density at radius 3 is 2.96 bits per heavy atom. The molecule has 2 heterocycles. The quantitative estimate of drug-likeness (QED) is 0.402. The number of hydrogen-bond donors (Lipinski definition) is 1. The zero-order chi connectivity index (χ0) is 18.1. The summed E-state index contributed by atoms with van der Waals surface area (Å²) in [4.78, 5) is 15.8. The van der Waals surface area contributed by atoms with Gasteiger partial charge in [-0.2, -0.15) is 0 Å². The van der Waals surface area contributed by atoms with E-state index in [1.807, 2.05) is 54.0 Å². The molecule has 0 fully saturated rings. The second-order valence-electron chi connectivity index (χ2n) is 5.88. The smallest absolute Gasteiger partial charge is 0.196 e. The number of aryl methyl sites for hydroxylation is 1. The molecule has 0 spiro atoms. The Bertz CT molecular complexity index is 1100. The molecule has 2 aromatic heterocycles. The van der Waals surface area contributed by atoms with E-state index in [0.717, 1.165) is 22.2 Å². The highest BCUT2D eigenvalue weighted by Crippen LogP contribution is 2.25. The number of ketones is 1. The van der Waals surface area contributed by atoms with Gasteiger partial charge in [0.05, 0.1) is 11.4 Å². The number of aromatic nitrogens is 4. The Morgan fingerprint density at radius 2 is 2.12 bits per heavy atom. The molecule has 0 aliphatic heterocycles. The molecule has 0 saturated carbocycles. The molecular formula is C19H15ClN4OS. The van der Waals surface area contributed by atoms with Crippen molar-refractivity contribution in [2.75, 3.05) is 5.75 Å². The van der Waals surface area contributed by atoms with Crippen molar-refractivity contribution in [3.63, 3.8) is 0 Å². The first kappa shape index (κ1) is 16.9. The number of fused-ring (bicyclic) bond motifs is 1. The van der Waals surface area contributed by atoms with Gasteiger partial charge < -0.3 is 4.98 Å². The summed E-state index contributed by atoms with van der Waals surface area (Å²) in [5, 5.41) is 10.4. The van der Waals surface area contributed by atoms with E-state index in [2.05, 4.69) is 15.2 Å². The number of benzene rings is 2. The standard InChI is InChI=1S/C19H15ClN4OS/c1-12-6-7-13(8-16(12)20)24-11-22-23-19(24)26-10-18(25)15-9-21-17-5-3-2-4-14(15)17/h2-9,11,21H,10H2,1H3. The van der Waals surface area contributed by atoms with Crippen LogP contribution in [0.2, 0.25) is 5.02 Å². The first-order valence-electron chi connectivity index (χ1n) is 8.02. The van der Waals surface area contributed by atoms with Crippen LogP contribution in [0.15, 0.2) is 60.1 Å². The normalized spacial score (nSPS) is 11.2. The topological polar surface area (TPSA) is 63.6 Å². The van der Waals surface area contributed by atoms with E-state index in [0.29, 0.717) is 15.7 Å². The van der Waals surface area contributed by atoms with Crippen LogP contribution in [-0.2, 0) is 0 Å². The lowest BCUT2D eigenvalue weighted by Crippen LogP contribution is -2.03. The van der Waals surface area contributed by atoms with Gasteiger partial charge in [0.2, 0.25) is 0 Å². The summed E-state index contributed by atoms with van der Waals surface area (Å²) >= 11 is 7.57. The number of para-hydroxylation sites is 1. The molecule has 4 rings (SSSR count). The van der Waals surface area contributed by atoms with Crippen LogP contribution in [-0.4, -0.2) is 31.3 Å². The number of nitrogens with zero attached hydrogens (tertiary/aromatic N) is 3. The van der Waals surface area contributed by atoms with Crippen molar-refractivity contribution >= 4 is 40.0 Å². The third-order valence-corrected chi connectivity index (χ3v) is 5.52. The SMILES string of the molecule is Cc1ccc(-n2cnnc2SCC(=O)c2c[nH]c3ccccc23)cc1Cl. The lowest BCUT2D eigenvalue weighted by Gasteiger charge is -2.07. The molecule has 26 heavy (non-hydrogen) atoms. The molecule has 0 bridgehead atoms.